The Morgan fingerprint density at radius 1 is 1.32 bits per heavy atom. The molecule has 4 rings (SSSR count). The van der Waals surface area contributed by atoms with Crippen LogP contribution in [0.4, 0.5) is 0 Å². The van der Waals surface area contributed by atoms with Crippen LogP contribution in [0.5, 0.6) is 11.5 Å². The molecule has 5 nitrogen and oxygen atoms in total. The van der Waals surface area contributed by atoms with Crippen LogP contribution in [-0.4, -0.2) is 15.7 Å². The largest absolute Gasteiger partial charge is 0.507 e. The molecule has 1 N–H and O–H groups in total. The molecule has 0 bridgehead atoms. The van der Waals surface area contributed by atoms with Gasteiger partial charge in [-0.05, 0) is 38.1 Å². The molecule has 0 atom stereocenters. The maximum absolute atomic E-state index is 12.6. The molecule has 0 aliphatic carbocycles. The third kappa shape index (κ3) is 1.72. The SMILES string of the molecule is CC1(C)C=Cc2c(cc(O)c3c(=O)c4cccnc4oc23)O1. The number of aromatic hydroxyl groups is 1. The standard InChI is InChI=1S/C17H13NO4/c1-17(2)6-5-9-12(22-17)8-11(19)13-14(20)10-4-3-7-18-16(10)21-15(9)13/h3-8,19H,1-2H3. The monoisotopic (exact) mass is 295 g/mol. The molecule has 0 amide bonds. The van der Waals surface area contributed by atoms with E-state index >= 15 is 0 Å². The highest BCUT2D eigenvalue weighted by molar-refractivity contribution is 5.98. The smallest absolute Gasteiger partial charge is 0.230 e. The molecule has 110 valence electrons. The number of hydrogen-bond acceptors (Lipinski definition) is 5. The molecule has 1 aliphatic heterocycles. The Morgan fingerprint density at radius 2 is 2.14 bits per heavy atom. The highest BCUT2D eigenvalue weighted by Crippen LogP contribution is 2.40. The second-order valence-electron chi connectivity index (χ2n) is 5.84. The Morgan fingerprint density at radius 3 is 2.95 bits per heavy atom. The summed E-state index contributed by atoms with van der Waals surface area (Å²) < 4.78 is 11.6. The van der Waals surface area contributed by atoms with Crippen molar-refractivity contribution in [2.24, 2.45) is 0 Å². The van der Waals surface area contributed by atoms with Gasteiger partial charge in [0, 0.05) is 12.3 Å². The number of pyridine rings is 1. The van der Waals surface area contributed by atoms with E-state index in [2.05, 4.69) is 4.98 Å². The van der Waals surface area contributed by atoms with Crippen molar-refractivity contribution in [3.63, 3.8) is 0 Å². The van der Waals surface area contributed by atoms with Gasteiger partial charge in [0.15, 0.2) is 5.58 Å². The van der Waals surface area contributed by atoms with Crippen molar-refractivity contribution in [1.82, 2.24) is 4.98 Å². The number of phenolic OH excluding ortho intramolecular Hbond substituents is 1. The first-order valence-corrected chi connectivity index (χ1v) is 6.92. The van der Waals surface area contributed by atoms with Gasteiger partial charge in [-0.3, -0.25) is 4.79 Å². The minimum Gasteiger partial charge on any atom is -0.507 e. The van der Waals surface area contributed by atoms with Gasteiger partial charge in [0.25, 0.3) is 0 Å². The van der Waals surface area contributed by atoms with Crippen molar-refractivity contribution in [2.75, 3.05) is 0 Å². The predicted molar refractivity (Wildman–Crippen MR) is 83.2 cm³/mol. The van der Waals surface area contributed by atoms with Gasteiger partial charge in [-0.25, -0.2) is 4.98 Å². The first-order chi connectivity index (χ1) is 10.5. The minimum absolute atomic E-state index is 0.146. The van der Waals surface area contributed by atoms with Gasteiger partial charge < -0.3 is 14.3 Å². The van der Waals surface area contributed by atoms with E-state index < -0.39 is 5.60 Å². The Kier molecular flexibility index (Phi) is 2.40. The summed E-state index contributed by atoms with van der Waals surface area (Å²) in [6, 6.07) is 4.75. The fourth-order valence-corrected chi connectivity index (χ4v) is 2.68. The van der Waals surface area contributed by atoms with Crippen molar-refractivity contribution in [2.45, 2.75) is 19.4 Å². The van der Waals surface area contributed by atoms with E-state index in [1.807, 2.05) is 26.0 Å². The normalized spacial score (nSPS) is 15.7. The summed E-state index contributed by atoms with van der Waals surface area (Å²) in [4.78, 5) is 16.7. The van der Waals surface area contributed by atoms with E-state index in [1.54, 1.807) is 18.3 Å². The van der Waals surface area contributed by atoms with Crippen LogP contribution in [-0.2, 0) is 0 Å². The molecule has 0 radical (unpaired) electrons. The average molecular weight is 295 g/mol. The number of nitrogens with zero attached hydrogens (tertiary/aromatic N) is 1. The molecule has 0 saturated carbocycles. The lowest BCUT2D eigenvalue weighted by Crippen LogP contribution is -2.27. The zero-order valence-electron chi connectivity index (χ0n) is 12.1. The zero-order chi connectivity index (χ0) is 15.5. The fraction of sp³-hybridized carbons (Fsp3) is 0.176. The lowest BCUT2D eigenvalue weighted by Gasteiger charge is -2.28. The molecule has 3 heterocycles. The van der Waals surface area contributed by atoms with Crippen LogP contribution in [0.1, 0.15) is 19.4 Å². The van der Waals surface area contributed by atoms with E-state index in [1.165, 1.54) is 6.07 Å². The number of aromatic nitrogens is 1. The summed E-state index contributed by atoms with van der Waals surface area (Å²) in [5.41, 5.74) is 0.381. The number of benzene rings is 1. The summed E-state index contributed by atoms with van der Waals surface area (Å²) in [5.74, 6) is 0.329. The van der Waals surface area contributed by atoms with Crippen molar-refractivity contribution in [3.05, 3.63) is 46.3 Å². The van der Waals surface area contributed by atoms with Gasteiger partial charge in [0.05, 0.1) is 10.9 Å². The van der Waals surface area contributed by atoms with Gasteiger partial charge >= 0.3 is 0 Å². The summed E-state index contributed by atoms with van der Waals surface area (Å²) in [6.07, 6.45) is 5.29. The number of hydrogen-bond donors (Lipinski definition) is 1. The lowest BCUT2D eigenvalue weighted by atomic mass is 9.99. The zero-order valence-corrected chi connectivity index (χ0v) is 12.1. The van der Waals surface area contributed by atoms with Gasteiger partial charge in [-0.1, -0.05) is 0 Å². The van der Waals surface area contributed by atoms with E-state index in [0.29, 0.717) is 16.7 Å². The van der Waals surface area contributed by atoms with E-state index in [-0.39, 0.29) is 27.9 Å². The van der Waals surface area contributed by atoms with Gasteiger partial charge in [0.2, 0.25) is 11.1 Å². The topological polar surface area (TPSA) is 72.6 Å². The molecule has 1 aliphatic rings. The lowest BCUT2D eigenvalue weighted by molar-refractivity contribution is 0.158. The van der Waals surface area contributed by atoms with Crippen LogP contribution in [0.25, 0.3) is 28.1 Å². The molecule has 0 saturated heterocycles. The van der Waals surface area contributed by atoms with Gasteiger partial charge in [-0.2, -0.15) is 0 Å². The molecule has 3 aromatic rings. The molecule has 0 fully saturated rings. The van der Waals surface area contributed by atoms with E-state index in [0.717, 1.165) is 0 Å². The van der Waals surface area contributed by atoms with Crippen molar-refractivity contribution < 1.29 is 14.3 Å². The predicted octanol–water partition coefficient (Wildman–Crippen LogP) is 3.23. The number of ether oxygens (including phenoxy) is 1. The third-order valence-electron chi connectivity index (χ3n) is 3.73. The van der Waals surface area contributed by atoms with Crippen LogP contribution in [0.3, 0.4) is 0 Å². The highest BCUT2D eigenvalue weighted by atomic mass is 16.5. The van der Waals surface area contributed by atoms with Crippen LogP contribution in [0.15, 0.2) is 39.7 Å². The van der Waals surface area contributed by atoms with Crippen molar-refractivity contribution in [1.29, 1.82) is 0 Å². The van der Waals surface area contributed by atoms with Crippen molar-refractivity contribution in [3.8, 4) is 11.5 Å². The quantitative estimate of drug-likeness (QED) is 0.645. The molecule has 5 heteroatoms. The first kappa shape index (κ1) is 12.9. The summed E-state index contributed by atoms with van der Waals surface area (Å²) >= 11 is 0. The minimum atomic E-state index is -0.484. The second-order valence-corrected chi connectivity index (χ2v) is 5.84. The molecule has 2 aromatic heterocycles. The number of rotatable bonds is 0. The first-order valence-electron chi connectivity index (χ1n) is 6.92. The van der Waals surface area contributed by atoms with Gasteiger partial charge in [-0.15, -0.1) is 0 Å². The molecular formula is C17H13NO4. The summed E-state index contributed by atoms with van der Waals surface area (Å²) in [5, 5.41) is 10.7. The average Bonchev–Trinajstić information content (AvgIpc) is 2.46. The molecule has 1 aromatic carbocycles. The van der Waals surface area contributed by atoms with Crippen LogP contribution in [0, 0.1) is 0 Å². The Balaban J connectivity index is 2.19. The van der Waals surface area contributed by atoms with E-state index in [9.17, 15) is 9.90 Å². The van der Waals surface area contributed by atoms with Crippen LogP contribution >= 0.6 is 0 Å². The van der Waals surface area contributed by atoms with E-state index in [4.69, 9.17) is 9.15 Å². The highest BCUT2D eigenvalue weighted by Gasteiger charge is 2.26. The van der Waals surface area contributed by atoms with Crippen molar-refractivity contribution >= 4 is 28.1 Å². The van der Waals surface area contributed by atoms with Crippen LogP contribution < -0.4 is 10.2 Å². The Bertz CT molecular complexity index is 1010. The fourth-order valence-electron chi connectivity index (χ4n) is 2.68. The molecule has 0 unspecified atom stereocenters. The Hall–Kier alpha value is -2.82. The summed E-state index contributed by atoms with van der Waals surface area (Å²) in [7, 11) is 0. The maximum Gasteiger partial charge on any atom is 0.230 e. The number of phenols is 1. The molecule has 0 spiro atoms. The molecule has 22 heavy (non-hydrogen) atoms. The summed E-state index contributed by atoms with van der Waals surface area (Å²) in [6.45, 7) is 3.82. The van der Waals surface area contributed by atoms with Gasteiger partial charge in [0.1, 0.15) is 22.5 Å². The van der Waals surface area contributed by atoms with Crippen LogP contribution in [0.2, 0.25) is 0 Å². The second kappa shape index (κ2) is 4.10. The molecular weight excluding hydrogens is 282 g/mol. The Labute approximate surface area is 125 Å². The maximum atomic E-state index is 12.6. The third-order valence-corrected chi connectivity index (χ3v) is 3.73. The number of fused-ring (bicyclic) bond motifs is 4.